The van der Waals surface area contributed by atoms with Crippen LogP contribution in [-0.2, 0) is 19.1 Å². The van der Waals surface area contributed by atoms with Crippen LogP contribution in [0.1, 0.15) is 39.5 Å². The van der Waals surface area contributed by atoms with Crippen molar-refractivity contribution in [3.63, 3.8) is 0 Å². The lowest BCUT2D eigenvalue weighted by molar-refractivity contribution is -0.172. The summed E-state index contributed by atoms with van der Waals surface area (Å²) in [6, 6.07) is 0. The molecule has 0 radical (unpaired) electrons. The highest BCUT2D eigenvalue weighted by atomic mass is 16.6. The van der Waals surface area contributed by atoms with Gasteiger partial charge in [0.15, 0.2) is 12.2 Å². The molecule has 0 rings (SSSR count). The van der Waals surface area contributed by atoms with Gasteiger partial charge in [0.1, 0.15) is 0 Å². The molecule has 2 N–H and O–H groups in total. The van der Waals surface area contributed by atoms with E-state index >= 15 is 0 Å². The molecule has 0 amide bonds. The van der Waals surface area contributed by atoms with E-state index in [1.54, 1.807) is 0 Å². The van der Waals surface area contributed by atoms with Crippen LogP contribution in [-0.4, -0.2) is 47.6 Å². The van der Waals surface area contributed by atoms with Gasteiger partial charge in [-0.1, -0.05) is 38.2 Å². The molecular formula is C16H26O6. The molecular weight excluding hydrogens is 288 g/mol. The minimum Gasteiger partial charge on any atom is -0.463 e. The van der Waals surface area contributed by atoms with Crippen LogP contribution in [0.15, 0.2) is 24.3 Å². The van der Waals surface area contributed by atoms with E-state index in [0.29, 0.717) is 12.8 Å². The third-order valence-corrected chi connectivity index (χ3v) is 2.64. The van der Waals surface area contributed by atoms with Crippen molar-refractivity contribution in [1.82, 2.24) is 0 Å². The van der Waals surface area contributed by atoms with Crippen LogP contribution in [0, 0.1) is 0 Å². The molecule has 0 aliphatic rings. The summed E-state index contributed by atoms with van der Waals surface area (Å²) in [5.41, 5.74) is 0. The summed E-state index contributed by atoms with van der Waals surface area (Å²) in [6.45, 7) is 4.12. The monoisotopic (exact) mass is 314 g/mol. The van der Waals surface area contributed by atoms with E-state index < -0.39 is 24.1 Å². The van der Waals surface area contributed by atoms with Crippen molar-refractivity contribution in [2.45, 2.75) is 51.7 Å². The number of allylic oxidation sites excluding steroid dienone is 2. The Morgan fingerprint density at radius 1 is 0.818 bits per heavy atom. The zero-order valence-corrected chi connectivity index (χ0v) is 13.2. The molecule has 0 saturated carbocycles. The van der Waals surface area contributed by atoms with Gasteiger partial charge in [-0.15, -0.1) is 0 Å². The van der Waals surface area contributed by atoms with Gasteiger partial charge in [-0.05, 0) is 25.7 Å². The van der Waals surface area contributed by atoms with Crippen LogP contribution < -0.4 is 0 Å². The van der Waals surface area contributed by atoms with Crippen molar-refractivity contribution >= 4 is 11.9 Å². The molecule has 0 aromatic carbocycles. The van der Waals surface area contributed by atoms with E-state index in [0.717, 1.165) is 12.8 Å². The number of hydrogen-bond donors (Lipinski definition) is 2. The van der Waals surface area contributed by atoms with E-state index in [2.05, 4.69) is 0 Å². The zero-order chi connectivity index (χ0) is 16.8. The number of aliphatic hydroxyl groups excluding tert-OH is 2. The molecule has 0 heterocycles. The molecule has 0 bridgehead atoms. The molecule has 6 heteroatoms. The Balaban J connectivity index is 4.03. The number of carbonyl (C=O) groups excluding carboxylic acids is 2. The van der Waals surface area contributed by atoms with Gasteiger partial charge in [-0.3, -0.25) is 0 Å². The van der Waals surface area contributed by atoms with Crippen LogP contribution in [0.3, 0.4) is 0 Å². The summed E-state index contributed by atoms with van der Waals surface area (Å²) in [6.07, 6.45) is 6.44. The average Bonchev–Trinajstić information content (AvgIpc) is 2.52. The van der Waals surface area contributed by atoms with E-state index in [1.807, 2.05) is 38.2 Å². The minimum atomic E-state index is -1.94. The molecule has 0 aliphatic heterocycles. The SMILES string of the molecule is CC/C=C/CCOC(=O)C(O)C(O)C(=O)OCC/C=C/CC. The first-order chi connectivity index (χ1) is 10.5. The number of hydrogen-bond acceptors (Lipinski definition) is 6. The van der Waals surface area contributed by atoms with Gasteiger partial charge < -0.3 is 19.7 Å². The van der Waals surface area contributed by atoms with Crippen molar-refractivity contribution < 1.29 is 29.3 Å². The van der Waals surface area contributed by atoms with Crippen molar-refractivity contribution in [2.75, 3.05) is 13.2 Å². The molecule has 126 valence electrons. The summed E-state index contributed by atoms with van der Waals surface area (Å²) in [7, 11) is 0. The van der Waals surface area contributed by atoms with Crippen molar-refractivity contribution in [3.05, 3.63) is 24.3 Å². The summed E-state index contributed by atoms with van der Waals surface area (Å²) in [4.78, 5) is 22.9. The number of carbonyl (C=O) groups is 2. The number of rotatable bonds is 11. The number of ether oxygens (including phenoxy) is 2. The van der Waals surface area contributed by atoms with Crippen molar-refractivity contribution in [2.24, 2.45) is 0 Å². The Hall–Kier alpha value is -1.66. The highest BCUT2D eigenvalue weighted by Crippen LogP contribution is 2.02. The maximum atomic E-state index is 11.5. The van der Waals surface area contributed by atoms with Crippen molar-refractivity contribution in [1.29, 1.82) is 0 Å². The quantitative estimate of drug-likeness (QED) is 0.341. The Kier molecular flexibility index (Phi) is 12.1. The lowest BCUT2D eigenvalue weighted by atomic mass is 10.2. The Labute approximate surface area is 131 Å². The van der Waals surface area contributed by atoms with Crippen LogP contribution in [0.5, 0.6) is 0 Å². The predicted molar refractivity (Wildman–Crippen MR) is 82.0 cm³/mol. The lowest BCUT2D eigenvalue weighted by Crippen LogP contribution is -2.41. The summed E-state index contributed by atoms with van der Waals surface area (Å²) < 4.78 is 9.52. The van der Waals surface area contributed by atoms with Gasteiger partial charge in [0.25, 0.3) is 0 Å². The van der Waals surface area contributed by atoms with Crippen LogP contribution in [0.25, 0.3) is 0 Å². The smallest absolute Gasteiger partial charge is 0.338 e. The first kappa shape index (κ1) is 20.3. The van der Waals surface area contributed by atoms with E-state index in [1.165, 1.54) is 0 Å². The predicted octanol–water partition coefficient (Wildman–Crippen LogP) is 1.51. The second-order valence-corrected chi connectivity index (χ2v) is 4.56. The topological polar surface area (TPSA) is 93.1 Å². The summed E-state index contributed by atoms with van der Waals surface area (Å²) in [5.74, 6) is -2.08. The second-order valence-electron chi connectivity index (χ2n) is 4.56. The molecule has 0 spiro atoms. The van der Waals surface area contributed by atoms with Crippen LogP contribution in [0.2, 0.25) is 0 Å². The molecule has 0 fully saturated rings. The summed E-state index contributed by atoms with van der Waals surface area (Å²) >= 11 is 0. The number of esters is 2. The largest absolute Gasteiger partial charge is 0.463 e. The highest BCUT2D eigenvalue weighted by Gasteiger charge is 2.32. The fourth-order valence-corrected chi connectivity index (χ4v) is 1.45. The molecule has 0 saturated heterocycles. The van der Waals surface area contributed by atoms with E-state index in [9.17, 15) is 19.8 Å². The van der Waals surface area contributed by atoms with Gasteiger partial charge in [0, 0.05) is 0 Å². The zero-order valence-electron chi connectivity index (χ0n) is 13.2. The molecule has 6 nitrogen and oxygen atoms in total. The molecule has 0 aliphatic carbocycles. The van der Waals surface area contributed by atoms with E-state index in [-0.39, 0.29) is 13.2 Å². The Morgan fingerprint density at radius 2 is 1.18 bits per heavy atom. The highest BCUT2D eigenvalue weighted by molar-refractivity contribution is 5.85. The van der Waals surface area contributed by atoms with Gasteiger partial charge in [-0.2, -0.15) is 0 Å². The van der Waals surface area contributed by atoms with E-state index in [4.69, 9.17) is 9.47 Å². The first-order valence-electron chi connectivity index (χ1n) is 7.53. The summed E-state index contributed by atoms with van der Waals surface area (Å²) in [5, 5.41) is 19.1. The Morgan fingerprint density at radius 3 is 1.50 bits per heavy atom. The maximum Gasteiger partial charge on any atom is 0.338 e. The Bertz CT molecular complexity index is 339. The third-order valence-electron chi connectivity index (χ3n) is 2.64. The maximum absolute atomic E-state index is 11.5. The van der Waals surface area contributed by atoms with Crippen molar-refractivity contribution in [3.8, 4) is 0 Å². The van der Waals surface area contributed by atoms with Crippen LogP contribution in [0.4, 0.5) is 0 Å². The number of aliphatic hydroxyl groups is 2. The fourth-order valence-electron chi connectivity index (χ4n) is 1.45. The fraction of sp³-hybridized carbons (Fsp3) is 0.625. The standard InChI is InChI=1S/C16H26O6/c1-3-5-7-9-11-21-15(19)13(17)14(18)16(20)22-12-10-8-6-4-2/h5-8,13-14,17-18H,3-4,9-12H2,1-2H3/b7-5+,8-6+. The first-order valence-corrected chi connectivity index (χ1v) is 7.53. The van der Waals surface area contributed by atoms with Gasteiger partial charge >= 0.3 is 11.9 Å². The average molecular weight is 314 g/mol. The normalized spacial score (nSPS) is 14.2. The molecule has 22 heavy (non-hydrogen) atoms. The van der Waals surface area contributed by atoms with Gasteiger partial charge in [0.2, 0.25) is 0 Å². The van der Waals surface area contributed by atoms with Gasteiger partial charge in [-0.25, -0.2) is 9.59 Å². The molecule has 0 aromatic heterocycles. The molecule has 2 unspecified atom stereocenters. The third kappa shape index (κ3) is 9.31. The molecule has 2 atom stereocenters. The van der Waals surface area contributed by atoms with Crippen LogP contribution >= 0.6 is 0 Å². The molecule has 0 aromatic rings. The lowest BCUT2D eigenvalue weighted by Gasteiger charge is -2.15. The minimum absolute atomic E-state index is 0.0793. The second kappa shape index (κ2) is 13.0. The van der Waals surface area contributed by atoms with Gasteiger partial charge in [0.05, 0.1) is 13.2 Å².